The Morgan fingerprint density at radius 1 is 1.28 bits per heavy atom. The number of nitrogens with one attached hydrogen (secondary N) is 2. The third-order valence-corrected chi connectivity index (χ3v) is 5.52. The first-order valence-electron chi connectivity index (χ1n) is 10.7. The van der Waals surface area contributed by atoms with Crippen LogP contribution >= 0.6 is 0 Å². The lowest BCUT2D eigenvalue weighted by Crippen LogP contribution is -2.46. The van der Waals surface area contributed by atoms with Gasteiger partial charge in [0.05, 0.1) is 17.5 Å². The molecule has 1 amide bonds. The van der Waals surface area contributed by atoms with Crippen LogP contribution in [0.25, 0.3) is 4.95 Å². The van der Waals surface area contributed by atoms with E-state index in [1.165, 1.54) is 0 Å². The predicted molar refractivity (Wildman–Crippen MR) is 125 cm³/mol. The number of hydrogen-bond donors (Lipinski definition) is 4. The zero-order valence-electron chi connectivity index (χ0n) is 18.0. The first-order valence-corrected chi connectivity index (χ1v) is 10.7. The minimum atomic E-state index is -0.762. The number of aromatic nitrogens is 1. The van der Waals surface area contributed by atoms with Gasteiger partial charge in [-0.05, 0) is 62.4 Å². The molecule has 1 aliphatic heterocycles. The maximum Gasteiger partial charge on any atom is 0.266 e. The second-order valence-corrected chi connectivity index (χ2v) is 7.92. The van der Waals surface area contributed by atoms with E-state index in [1.807, 2.05) is 6.07 Å². The number of nitrogens with zero attached hydrogens (tertiary/aromatic N) is 4. The monoisotopic (exact) mass is 435 g/mol. The van der Waals surface area contributed by atoms with Gasteiger partial charge in [0.15, 0.2) is 0 Å². The number of anilines is 2. The highest BCUT2D eigenvalue weighted by molar-refractivity contribution is 5.95. The Hall–Kier alpha value is -3.64. The number of rotatable bonds is 7. The van der Waals surface area contributed by atoms with Crippen molar-refractivity contribution in [3.8, 4) is 0 Å². The number of aliphatic imine (C=N–C) groups is 1. The van der Waals surface area contributed by atoms with E-state index < -0.39 is 5.60 Å². The second-order valence-electron chi connectivity index (χ2n) is 7.92. The molecule has 9 nitrogen and oxygen atoms in total. The van der Waals surface area contributed by atoms with Crippen molar-refractivity contribution in [1.29, 1.82) is 0 Å². The van der Waals surface area contributed by atoms with E-state index in [0.717, 1.165) is 18.5 Å². The summed E-state index contributed by atoms with van der Waals surface area (Å²) in [6.45, 7) is 8.57. The Kier molecular flexibility index (Phi) is 8.00. The molecule has 1 aromatic heterocycles. The molecule has 1 saturated heterocycles. The Bertz CT molecular complexity index is 964. The van der Waals surface area contributed by atoms with E-state index in [0.29, 0.717) is 56.1 Å². The van der Waals surface area contributed by atoms with Gasteiger partial charge in [0.1, 0.15) is 0 Å². The van der Waals surface area contributed by atoms with Gasteiger partial charge >= 0.3 is 0 Å². The SMILES string of the molecule is [C-]#[N+]NC(=NCCCCC1(O)CCN(C(=O)c2cccc(N)c2)CC1)Nc1cccnc1. The summed E-state index contributed by atoms with van der Waals surface area (Å²) in [6.07, 6.45) is 6.68. The lowest BCUT2D eigenvalue weighted by Gasteiger charge is -2.38. The van der Waals surface area contributed by atoms with Crippen molar-refractivity contribution in [2.24, 2.45) is 4.99 Å². The van der Waals surface area contributed by atoms with Crippen molar-refractivity contribution in [2.75, 3.05) is 30.7 Å². The van der Waals surface area contributed by atoms with Crippen molar-refractivity contribution >= 4 is 23.2 Å². The lowest BCUT2D eigenvalue weighted by atomic mass is 9.86. The number of nitrogen functional groups attached to an aromatic ring is 1. The molecule has 0 aliphatic carbocycles. The summed E-state index contributed by atoms with van der Waals surface area (Å²) in [4.78, 5) is 26.0. The van der Waals surface area contributed by atoms with Gasteiger partial charge in [0.2, 0.25) is 0 Å². The van der Waals surface area contributed by atoms with Gasteiger partial charge < -0.3 is 21.1 Å². The van der Waals surface area contributed by atoms with Crippen LogP contribution in [0.3, 0.4) is 0 Å². The maximum absolute atomic E-state index is 12.6. The fourth-order valence-electron chi connectivity index (χ4n) is 3.72. The Labute approximate surface area is 188 Å². The molecule has 1 aromatic carbocycles. The summed E-state index contributed by atoms with van der Waals surface area (Å²) in [6, 6.07) is 10.6. The number of carbonyl (C=O) groups excluding carboxylic acids is 1. The van der Waals surface area contributed by atoms with Crippen molar-refractivity contribution in [3.05, 3.63) is 65.9 Å². The molecule has 5 N–H and O–H groups in total. The lowest BCUT2D eigenvalue weighted by molar-refractivity contribution is -0.0243. The van der Waals surface area contributed by atoms with Gasteiger partial charge in [-0.2, -0.15) is 11.5 Å². The Morgan fingerprint density at radius 2 is 2.09 bits per heavy atom. The van der Waals surface area contributed by atoms with Crippen molar-refractivity contribution in [1.82, 2.24) is 15.3 Å². The van der Waals surface area contributed by atoms with Crippen molar-refractivity contribution < 1.29 is 9.90 Å². The normalized spacial score (nSPS) is 15.6. The largest absolute Gasteiger partial charge is 0.399 e. The summed E-state index contributed by atoms with van der Waals surface area (Å²) in [5.41, 5.74) is 9.43. The maximum atomic E-state index is 12.6. The molecule has 0 unspecified atom stereocenters. The molecule has 168 valence electrons. The highest BCUT2D eigenvalue weighted by Gasteiger charge is 2.33. The molecule has 3 rings (SSSR count). The molecule has 1 fully saturated rings. The van der Waals surface area contributed by atoms with E-state index in [1.54, 1.807) is 47.6 Å². The number of pyridine rings is 1. The number of piperidine rings is 1. The summed E-state index contributed by atoms with van der Waals surface area (Å²) in [5.74, 6) is 0.328. The number of likely N-dealkylation sites (tertiary alicyclic amines) is 1. The van der Waals surface area contributed by atoms with E-state index in [2.05, 4.69) is 25.7 Å². The van der Waals surface area contributed by atoms with Gasteiger partial charge in [0.25, 0.3) is 11.9 Å². The number of amides is 1. The Balaban J connectivity index is 1.41. The third-order valence-electron chi connectivity index (χ3n) is 5.52. The van der Waals surface area contributed by atoms with Gasteiger partial charge in [-0.1, -0.05) is 11.5 Å². The van der Waals surface area contributed by atoms with Crippen molar-refractivity contribution in [2.45, 2.75) is 37.7 Å². The Morgan fingerprint density at radius 3 is 2.78 bits per heavy atom. The molecule has 0 saturated carbocycles. The number of aliphatic hydroxyl groups is 1. The molecule has 2 aromatic rings. The molecule has 9 heteroatoms. The molecule has 32 heavy (non-hydrogen) atoms. The summed E-state index contributed by atoms with van der Waals surface area (Å²) >= 11 is 0. The zero-order chi connectivity index (χ0) is 22.8. The fourth-order valence-corrected chi connectivity index (χ4v) is 3.72. The van der Waals surface area contributed by atoms with Crippen LogP contribution in [0, 0.1) is 6.57 Å². The molecule has 1 aliphatic rings. The van der Waals surface area contributed by atoms with Crippen LogP contribution < -0.4 is 16.5 Å². The molecule has 0 radical (unpaired) electrons. The summed E-state index contributed by atoms with van der Waals surface area (Å²) < 4.78 is 0. The van der Waals surface area contributed by atoms with Crippen LogP contribution in [-0.4, -0.2) is 52.1 Å². The van der Waals surface area contributed by atoms with Gasteiger partial charge in [-0.3, -0.25) is 9.78 Å². The molecule has 2 heterocycles. The summed E-state index contributed by atoms with van der Waals surface area (Å²) in [5, 5.41) is 13.9. The van der Waals surface area contributed by atoms with Crippen LogP contribution in [0.15, 0.2) is 53.8 Å². The highest BCUT2D eigenvalue weighted by atomic mass is 16.3. The topological polar surface area (TPSA) is 120 Å². The number of benzene rings is 1. The number of hydrogen-bond acceptors (Lipinski definition) is 5. The van der Waals surface area contributed by atoms with E-state index in [4.69, 9.17) is 12.3 Å². The van der Waals surface area contributed by atoms with Gasteiger partial charge in [0, 0.05) is 37.1 Å². The molecular formula is C23H29N7O2. The predicted octanol–water partition coefficient (Wildman–Crippen LogP) is 2.69. The highest BCUT2D eigenvalue weighted by Crippen LogP contribution is 2.28. The minimum absolute atomic E-state index is 0.0466. The van der Waals surface area contributed by atoms with E-state index in [9.17, 15) is 9.90 Å². The number of nitrogens with two attached hydrogens (primary N) is 1. The van der Waals surface area contributed by atoms with E-state index in [-0.39, 0.29) is 5.91 Å². The van der Waals surface area contributed by atoms with Crippen LogP contribution in [-0.2, 0) is 0 Å². The third kappa shape index (κ3) is 6.68. The van der Waals surface area contributed by atoms with Crippen LogP contribution in [0.5, 0.6) is 0 Å². The standard InChI is InChI=1S/C23H29N7O2/c1-25-29-22(28-20-8-5-12-26-17-20)27-13-3-2-9-23(32)10-14-30(15-11-23)21(31)18-6-4-7-19(24)16-18/h4-8,12,16-17,32H,2-3,9-11,13-15,24H2,(H2,27,28,29). The number of carbonyl (C=O) groups is 1. The first-order chi connectivity index (χ1) is 15.5. The second kappa shape index (κ2) is 11.1. The molecule has 0 spiro atoms. The zero-order valence-corrected chi connectivity index (χ0v) is 18.0. The van der Waals surface area contributed by atoms with Gasteiger partial charge in [-0.15, -0.1) is 0 Å². The number of unbranched alkanes of at least 4 members (excludes halogenated alkanes) is 1. The summed E-state index contributed by atoms with van der Waals surface area (Å²) in [7, 11) is 0. The molecule has 0 atom stereocenters. The minimum Gasteiger partial charge on any atom is -0.399 e. The quantitative estimate of drug-likeness (QED) is 0.133. The molecule has 0 bridgehead atoms. The van der Waals surface area contributed by atoms with Crippen molar-refractivity contribution in [3.63, 3.8) is 0 Å². The smallest absolute Gasteiger partial charge is 0.266 e. The van der Waals surface area contributed by atoms with Crippen LogP contribution in [0.1, 0.15) is 42.5 Å². The van der Waals surface area contributed by atoms with E-state index >= 15 is 0 Å². The van der Waals surface area contributed by atoms with Crippen LogP contribution in [0.4, 0.5) is 11.4 Å². The van der Waals surface area contributed by atoms with Gasteiger partial charge in [-0.25, -0.2) is 4.99 Å². The fraction of sp³-hybridized carbons (Fsp3) is 0.391. The van der Waals surface area contributed by atoms with Crippen LogP contribution in [0.2, 0.25) is 0 Å². The average Bonchev–Trinajstić information content (AvgIpc) is 2.80. The average molecular weight is 436 g/mol. The first kappa shape index (κ1) is 23.0. The number of guanidine groups is 1. The molecular weight excluding hydrogens is 406 g/mol.